The second kappa shape index (κ2) is 7.81. The van der Waals surface area contributed by atoms with Gasteiger partial charge in [0.15, 0.2) is 0 Å². The normalized spacial score (nSPS) is 10.2. The Kier molecular flexibility index (Phi) is 5.78. The van der Waals surface area contributed by atoms with Crippen LogP contribution in [0.25, 0.3) is 0 Å². The van der Waals surface area contributed by atoms with Crippen LogP contribution in [0.3, 0.4) is 0 Å². The minimum Gasteiger partial charge on any atom is -0.491 e. The van der Waals surface area contributed by atoms with Crippen LogP contribution in [0.5, 0.6) is 5.75 Å². The number of halogens is 1. The summed E-state index contributed by atoms with van der Waals surface area (Å²) in [7, 11) is 1.62. The molecule has 2 aromatic rings. The van der Waals surface area contributed by atoms with Crippen LogP contribution < -0.4 is 10.1 Å². The number of carbonyl (C=O) groups excluding carboxylic acids is 1. The van der Waals surface area contributed by atoms with Crippen LogP contribution in [0.15, 0.2) is 53.0 Å². The van der Waals surface area contributed by atoms with E-state index in [-0.39, 0.29) is 5.91 Å². The number of rotatable bonds is 6. The van der Waals surface area contributed by atoms with Crippen molar-refractivity contribution in [2.75, 3.05) is 25.6 Å². The molecule has 0 saturated carbocycles. The fourth-order valence-corrected chi connectivity index (χ4v) is 1.95. The number of methoxy groups -OCH3 is 1. The molecule has 0 heterocycles. The van der Waals surface area contributed by atoms with Gasteiger partial charge in [0.1, 0.15) is 12.4 Å². The molecule has 0 aromatic heterocycles. The molecule has 0 aliphatic carbocycles. The van der Waals surface area contributed by atoms with Gasteiger partial charge in [0.25, 0.3) is 5.91 Å². The zero-order chi connectivity index (χ0) is 15.1. The molecule has 0 atom stereocenters. The molecule has 2 rings (SSSR count). The highest BCUT2D eigenvalue weighted by atomic mass is 79.9. The molecule has 0 unspecified atom stereocenters. The number of amides is 1. The quantitative estimate of drug-likeness (QED) is 0.808. The molecular weight excluding hydrogens is 334 g/mol. The van der Waals surface area contributed by atoms with Crippen molar-refractivity contribution in [3.05, 3.63) is 58.6 Å². The summed E-state index contributed by atoms with van der Waals surface area (Å²) in [5.74, 6) is 0.563. The van der Waals surface area contributed by atoms with Crippen molar-refractivity contribution >= 4 is 27.5 Å². The number of anilines is 1. The van der Waals surface area contributed by atoms with Crippen LogP contribution in [0, 0.1) is 0 Å². The monoisotopic (exact) mass is 349 g/mol. The summed E-state index contributed by atoms with van der Waals surface area (Å²) in [5, 5.41) is 2.84. The Morgan fingerprint density at radius 1 is 1.05 bits per heavy atom. The highest BCUT2D eigenvalue weighted by Gasteiger charge is 2.06. The average molecular weight is 350 g/mol. The van der Waals surface area contributed by atoms with Crippen molar-refractivity contribution in [2.45, 2.75) is 0 Å². The van der Waals surface area contributed by atoms with Crippen LogP contribution in [-0.4, -0.2) is 26.2 Å². The first-order valence-corrected chi connectivity index (χ1v) is 7.27. The number of carbonyl (C=O) groups is 1. The summed E-state index contributed by atoms with van der Waals surface area (Å²) in [4.78, 5) is 12.1. The maximum absolute atomic E-state index is 12.1. The summed E-state index contributed by atoms with van der Waals surface area (Å²) >= 11 is 3.35. The molecule has 0 aliphatic rings. The lowest BCUT2D eigenvalue weighted by Gasteiger charge is -2.08. The van der Waals surface area contributed by atoms with Crippen molar-refractivity contribution in [2.24, 2.45) is 0 Å². The van der Waals surface area contributed by atoms with Gasteiger partial charge in [-0.25, -0.2) is 0 Å². The van der Waals surface area contributed by atoms with Crippen LogP contribution in [-0.2, 0) is 4.74 Å². The molecule has 1 N–H and O–H groups in total. The zero-order valence-electron chi connectivity index (χ0n) is 11.6. The number of benzene rings is 2. The van der Waals surface area contributed by atoms with Gasteiger partial charge in [0, 0.05) is 22.8 Å². The van der Waals surface area contributed by atoms with Gasteiger partial charge in [0.2, 0.25) is 0 Å². The molecule has 0 aliphatic heterocycles. The first kappa shape index (κ1) is 15.5. The van der Waals surface area contributed by atoms with Crippen molar-refractivity contribution in [1.29, 1.82) is 0 Å². The van der Waals surface area contributed by atoms with Gasteiger partial charge in [-0.2, -0.15) is 0 Å². The first-order valence-electron chi connectivity index (χ1n) is 6.48. The predicted octanol–water partition coefficient (Wildman–Crippen LogP) is 3.73. The fraction of sp³-hybridized carbons (Fsp3) is 0.188. The Morgan fingerprint density at radius 2 is 1.71 bits per heavy atom. The second-order valence-electron chi connectivity index (χ2n) is 4.33. The summed E-state index contributed by atoms with van der Waals surface area (Å²) < 4.78 is 11.3. The van der Waals surface area contributed by atoms with Gasteiger partial charge in [-0.1, -0.05) is 15.9 Å². The van der Waals surface area contributed by atoms with Gasteiger partial charge < -0.3 is 14.8 Å². The van der Waals surface area contributed by atoms with E-state index in [2.05, 4.69) is 21.2 Å². The van der Waals surface area contributed by atoms with E-state index in [1.165, 1.54) is 0 Å². The molecule has 4 nitrogen and oxygen atoms in total. The Morgan fingerprint density at radius 3 is 2.33 bits per heavy atom. The summed E-state index contributed by atoms with van der Waals surface area (Å²) in [6.07, 6.45) is 0. The van der Waals surface area contributed by atoms with Gasteiger partial charge in [0.05, 0.1) is 6.61 Å². The maximum atomic E-state index is 12.1. The van der Waals surface area contributed by atoms with Crippen LogP contribution in [0.2, 0.25) is 0 Å². The molecule has 0 radical (unpaired) electrons. The van der Waals surface area contributed by atoms with Crippen LogP contribution >= 0.6 is 15.9 Å². The largest absolute Gasteiger partial charge is 0.491 e. The van der Waals surface area contributed by atoms with E-state index in [4.69, 9.17) is 9.47 Å². The lowest BCUT2D eigenvalue weighted by atomic mass is 10.2. The third-order valence-electron chi connectivity index (χ3n) is 2.77. The zero-order valence-corrected chi connectivity index (χ0v) is 13.2. The number of nitrogens with one attached hydrogen (secondary N) is 1. The summed E-state index contributed by atoms with van der Waals surface area (Å²) in [6.45, 7) is 1.02. The van der Waals surface area contributed by atoms with Gasteiger partial charge >= 0.3 is 0 Å². The fourth-order valence-electron chi connectivity index (χ4n) is 1.68. The Hall–Kier alpha value is -1.85. The topological polar surface area (TPSA) is 47.6 Å². The minimum absolute atomic E-state index is 0.152. The molecule has 1 amide bonds. The minimum atomic E-state index is -0.152. The number of hydrogen-bond acceptors (Lipinski definition) is 3. The SMILES string of the molecule is COCCOc1ccc(C(=O)Nc2ccc(Br)cc2)cc1. The van der Waals surface area contributed by atoms with E-state index >= 15 is 0 Å². The molecule has 21 heavy (non-hydrogen) atoms. The molecule has 2 aromatic carbocycles. The average Bonchev–Trinajstić information content (AvgIpc) is 2.50. The predicted molar refractivity (Wildman–Crippen MR) is 85.9 cm³/mol. The lowest BCUT2D eigenvalue weighted by Crippen LogP contribution is -2.11. The van der Waals surface area contributed by atoms with Crippen molar-refractivity contribution < 1.29 is 14.3 Å². The lowest BCUT2D eigenvalue weighted by molar-refractivity contribution is 0.102. The summed E-state index contributed by atoms with van der Waals surface area (Å²) in [6, 6.07) is 14.4. The standard InChI is InChI=1S/C16H16BrNO3/c1-20-10-11-21-15-8-2-12(3-9-15)16(19)18-14-6-4-13(17)5-7-14/h2-9H,10-11H2,1H3,(H,18,19). The Balaban J connectivity index is 1.94. The van der Waals surface area contributed by atoms with Gasteiger partial charge in [-0.05, 0) is 48.5 Å². The first-order chi connectivity index (χ1) is 10.2. The highest BCUT2D eigenvalue weighted by Crippen LogP contribution is 2.16. The van der Waals surface area contributed by atoms with Crippen molar-refractivity contribution in [1.82, 2.24) is 0 Å². The van der Waals surface area contributed by atoms with Gasteiger partial charge in [-0.15, -0.1) is 0 Å². The molecule has 0 saturated heterocycles. The Bertz CT molecular complexity index is 581. The van der Waals surface area contributed by atoms with E-state index in [1.807, 2.05) is 24.3 Å². The Labute approximate surface area is 132 Å². The second-order valence-corrected chi connectivity index (χ2v) is 5.24. The molecule has 0 fully saturated rings. The smallest absolute Gasteiger partial charge is 0.255 e. The van der Waals surface area contributed by atoms with Crippen molar-refractivity contribution in [3.8, 4) is 5.75 Å². The number of ether oxygens (including phenoxy) is 2. The third-order valence-corrected chi connectivity index (χ3v) is 3.30. The van der Waals surface area contributed by atoms with Crippen LogP contribution in [0.4, 0.5) is 5.69 Å². The molecule has 110 valence electrons. The van der Waals surface area contributed by atoms with Gasteiger partial charge in [-0.3, -0.25) is 4.79 Å². The van der Waals surface area contributed by atoms with Crippen molar-refractivity contribution in [3.63, 3.8) is 0 Å². The van der Waals surface area contributed by atoms with E-state index in [1.54, 1.807) is 31.4 Å². The third kappa shape index (κ3) is 4.88. The summed E-state index contributed by atoms with van der Waals surface area (Å²) in [5.41, 5.74) is 1.33. The maximum Gasteiger partial charge on any atom is 0.255 e. The van der Waals surface area contributed by atoms with E-state index in [9.17, 15) is 4.79 Å². The molecule has 5 heteroatoms. The molecule has 0 spiro atoms. The van der Waals surface area contributed by atoms with E-state index in [0.717, 1.165) is 10.2 Å². The molecule has 0 bridgehead atoms. The van der Waals surface area contributed by atoms with Crippen LogP contribution in [0.1, 0.15) is 10.4 Å². The van der Waals surface area contributed by atoms with E-state index < -0.39 is 0 Å². The number of hydrogen-bond donors (Lipinski definition) is 1. The highest BCUT2D eigenvalue weighted by molar-refractivity contribution is 9.10. The molecular formula is C16H16BrNO3. The van der Waals surface area contributed by atoms with E-state index in [0.29, 0.717) is 24.5 Å².